The average Bonchev–Trinajstić information content (AvgIpc) is 2.90. The van der Waals surface area contributed by atoms with Crippen LogP contribution in [0.4, 0.5) is 0 Å². The minimum Gasteiger partial charge on any atom is -0.351 e. The molecule has 0 spiro atoms. The van der Waals surface area contributed by atoms with Gasteiger partial charge in [0.2, 0.25) is 0 Å². The second-order valence-electron chi connectivity index (χ2n) is 4.67. The van der Waals surface area contributed by atoms with E-state index in [9.17, 15) is 0 Å². The fourth-order valence-electron chi connectivity index (χ4n) is 2.22. The second kappa shape index (κ2) is 9.91. The highest BCUT2D eigenvalue weighted by Gasteiger charge is 2.23. The molecule has 5 heteroatoms. The average molecular weight is 283 g/mol. The van der Waals surface area contributed by atoms with Gasteiger partial charge in [-0.25, -0.2) is 4.98 Å². The van der Waals surface area contributed by atoms with Crippen molar-refractivity contribution in [2.24, 2.45) is 0 Å². The molecule has 0 bridgehead atoms. The summed E-state index contributed by atoms with van der Waals surface area (Å²) in [5, 5.41) is 3.53. The fraction of sp³-hybridized carbons (Fsp3) is 0.800. The predicted molar refractivity (Wildman–Crippen MR) is 80.7 cm³/mol. The topological polar surface area (TPSA) is 48.3 Å². The summed E-state index contributed by atoms with van der Waals surface area (Å²) < 4.78 is 13.6. The van der Waals surface area contributed by atoms with Crippen molar-refractivity contribution < 1.29 is 9.47 Å². The monoisotopic (exact) mass is 283 g/mol. The summed E-state index contributed by atoms with van der Waals surface area (Å²) in [7, 11) is 0. The quantitative estimate of drug-likeness (QED) is 0.633. The molecule has 0 saturated heterocycles. The molecule has 0 saturated carbocycles. The van der Waals surface area contributed by atoms with Crippen LogP contribution in [0.15, 0.2) is 12.4 Å². The smallest absolute Gasteiger partial charge is 0.173 e. The third kappa shape index (κ3) is 5.23. The standard InChI is InChI=1S/C15H29N3O2/c1-5-9-16-13(15(19-7-3)20-8-4)12-14-17-10-11-18(14)6-2/h10-11,13,15-16H,5-9,12H2,1-4H3. The Hall–Kier alpha value is -0.910. The van der Waals surface area contributed by atoms with E-state index in [0.717, 1.165) is 31.8 Å². The molecule has 0 radical (unpaired) electrons. The summed E-state index contributed by atoms with van der Waals surface area (Å²) in [6, 6.07) is 0.127. The third-order valence-electron chi connectivity index (χ3n) is 3.19. The highest BCUT2D eigenvalue weighted by atomic mass is 16.7. The van der Waals surface area contributed by atoms with Gasteiger partial charge < -0.3 is 19.4 Å². The minimum atomic E-state index is -0.224. The van der Waals surface area contributed by atoms with Gasteiger partial charge in [-0.15, -0.1) is 0 Å². The normalized spacial score (nSPS) is 13.1. The van der Waals surface area contributed by atoms with Gasteiger partial charge in [0, 0.05) is 38.6 Å². The Bertz CT molecular complexity index is 349. The summed E-state index contributed by atoms with van der Waals surface area (Å²) in [6.45, 7) is 11.5. The largest absolute Gasteiger partial charge is 0.351 e. The molecule has 0 aromatic carbocycles. The van der Waals surface area contributed by atoms with Crippen molar-refractivity contribution in [3.63, 3.8) is 0 Å². The zero-order chi connectivity index (χ0) is 14.8. The number of nitrogens with zero attached hydrogens (tertiary/aromatic N) is 2. The summed E-state index contributed by atoms with van der Waals surface area (Å²) in [5.74, 6) is 1.07. The predicted octanol–water partition coefficient (Wildman–Crippen LogP) is 2.21. The maximum Gasteiger partial charge on any atom is 0.173 e. The Morgan fingerprint density at radius 3 is 2.45 bits per heavy atom. The van der Waals surface area contributed by atoms with E-state index in [0.29, 0.717) is 13.2 Å². The van der Waals surface area contributed by atoms with Crippen LogP contribution in [0.3, 0.4) is 0 Å². The molecular weight excluding hydrogens is 254 g/mol. The van der Waals surface area contributed by atoms with E-state index in [-0.39, 0.29) is 12.3 Å². The van der Waals surface area contributed by atoms with Crippen LogP contribution >= 0.6 is 0 Å². The lowest BCUT2D eigenvalue weighted by molar-refractivity contribution is -0.154. The summed E-state index contributed by atoms with van der Waals surface area (Å²) in [4.78, 5) is 4.45. The lowest BCUT2D eigenvalue weighted by atomic mass is 10.1. The molecule has 1 heterocycles. The molecule has 1 aromatic rings. The molecule has 1 N–H and O–H groups in total. The molecule has 5 nitrogen and oxygen atoms in total. The Labute approximate surface area is 122 Å². The maximum atomic E-state index is 5.74. The third-order valence-corrected chi connectivity index (χ3v) is 3.19. The molecule has 116 valence electrons. The first-order valence-corrected chi connectivity index (χ1v) is 7.73. The van der Waals surface area contributed by atoms with Gasteiger partial charge in [0.25, 0.3) is 0 Å². The van der Waals surface area contributed by atoms with E-state index in [1.807, 2.05) is 26.2 Å². The van der Waals surface area contributed by atoms with Gasteiger partial charge in [-0.05, 0) is 33.7 Å². The van der Waals surface area contributed by atoms with Crippen molar-refractivity contribution >= 4 is 0 Å². The highest BCUT2D eigenvalue weighted by Crippen LogP contribution is 2.10. The molecule has 0 aliphatic carbocycles. The van der Waals surface area contributed by atoms with Gasteiger partial charge in [-0.3, -0.25) is 0 Å². The second-order valence-corrected chi connectivity index (χ2v) is 4.67. The van der Waals surface area contributed by atoms with E-state index < -0.39 is 0 Å². The van der Waals surface area contributed by atoms with E-state index >= 15 is 0 Å². The number of hydrogen-bond acceptors (Lipinski definition) is 4. The lowest BCUT2D eigenvalue weighted by Gasteiger charge is -2.27. The Kier molecular flexibility index (Phi) is 8.49. The molecule has 1 rings (SSSR count). The van der Waals surface area contributed by atoms with Gasteiger partial charge in [-0.2, -0.15) is 0 Å². The van der Waals surface area contributed by atoms with E-state index in [1.165, 1.54) is 0 Å². The number of aromatic nitrogens is 2. The Morgan fingerprint density at radius 2 is 1.90 bits per heavy atom. The first-order valence-electron chi connectivity index (χ1n) is 7.73. The molecule has 0 aliphatic rings. The summed E-state index contributed by atoms with van der Waals surface area (Å²) in [6.07, 6.45) is 5.54. The van der Waals surface area contributed by atoms with E-state index in [2.05, 4.69) is 28.7 Å². The van der Waals surface area contributed by atoms with E-state index in [1.54, 1.807) is 0 Å². The van der Waals surface area contributed by atoms with Crippen molar-refractivity contribution in [3.8, 4) is 0 Å². The molecule has 1 unspecified atom stereocenters. The SMILES string of the molecule is CCCNC(Cc1nccn1CC)C(OCC)OCC. The Balaban J connectivity index is 2.75. The van der Waals surface area contributed by atoms with Crippen molar-refractivity contribution in [1.29, 1.82) is 0 Å². The van der Waals surface area contributed by atoms with Crippen molar-refractivity contribution in [2.45, 2.75) is 59.4 Å². The van der Waals surface area contributed by atoms with Crippen LogP contribution in [0.25, 0.3) is 0 Å². The first-order chi connectivity index (χ1) is 9.76. The molecular formula is C15H29N3O2. The van der Waals surface area contributed by atoms with E-state index in [4.69, 9.17) is 9.47 Å². The van der Waals surface area contributed by atoms with Gasteiger partial charge >= 0.3 is 0 Å². The van der Waals surface area contributed by atoms with Crippen LogP contribution in [-0.4, -0.2) is 41.6 Å². The van der Waals surface area contributed by atoms with Crippen molar-refractivity contribution in [2.75, 3.05) is 19.8 Å². The molecule has 1 atom stereocenters. The minimum absolute atomic E-state index is 0.127. The number of nitrogens with one attached hydrogen (secondary N) is 1. The molecule has 0 aliphatic heterocycles. The van der Waals surface area contributed by atoms with Gasteiger partial charge in [0.05, 0.1) is 6.04 Å². The lowest BCUT2D eigenvalue weighted by Crippen LogP contribution is -2.45. The zero-order valence-corrected chi connectivity index (χ0v) is 13.3. The van der Waals surface area contributed by atoms with Gasteiger partial charge in [-0.1, -0.05) is 6.92 Å². The van der Waals surface area contributed by atoms with Crippen molar-refractivity contribution in [1.82, 2.24) is 14.9 Å². The number of rotatable bonds is 11. The van der Waals surface area contributed by atoms with Crippen LogP contribution in [0.1, 0.15) is 39.9 Å². The van der Waals surface area contributed by atoms with Gasteiger partial charge in [0.15, 0.2) is 6.29 Å². The Morgan fingerprint density at radius 1 is 1.20 bits per heavy atom. The number of imidazole rings is 1. The van der Waals surface area contributed by atoms with Crippen LogP contribution in [0.2, 0.25) is 0 Å². The van der Waals surface area contributed by atoms with Crippen LogP contribution in [-0.2, 0) is 22.4 Å². The number of hydrogen-bond donors (Lipinski definition) is 1. The van der Waals surface area contributed by atoms with Crippen LogP contribution in [0.5, 0.6) is 0 Å². The molecule has 20 heavy (non-hydrogen) atoms. The number of aryl methyl sites for hydroxylation is 1. The zero-order valence-electron chi connectivity index (χ0n) is 13.3. The van der Waals surface area contributed by atoms with Crippen LogP contribution < -0.4 is 5.32 Å². The molecule has 0 amide bonds. The van der Waals surface area contributed by atoms with Crippen LogP contribution in [0, 0.1) is 0 Å². The fourth-order valence-corrected chi connectivity index (χ4v) is 2.22. The summed E-state index contributed by atoms with van der Waals surface area (Å²) in [5.41, 5.74) is 0. The number of ether oxygens (including phenoxy) is 2. The summed E-state index contributed by atoms with van der Waals surface area (Å²) >= 11 is 0. The first kappa shape index (κ1) is 17.1. The molecule has 1 aromatic heterocycles. The van der Waals surface area contributed by atoms with Crippen molar-refractivity contribution in [3.05, 3.63) is 18.2 Å². The molecule has 0 fully saturated rings. The highest BCUT2D eigenvalue weighted by molar-refractivity contribution is 4.96. The van der Waals surface area contributed by atoms with Gasteiger partial charge in [0.1, 0.15) is 5.82 Å². The maximum absolute atomic E-state index is 5.74.